The lowest BCUT2D eigenvalue weighted by Crippen LogP contribution is -2.51. The third-order valence-corrected chi connectivity index (χ3v) is 3.98. The van der Waals surface area contributed by atoms with E-state index in [2.05, 4.69) is 5.32 Å². The molecule has 2 saturated heterocycles. The molecule has 0 aromatic heterocycles. The largest absolute Gasteiger partial charge is 0.416 e. The smallest absolute Gasteiger partial charge is 0.365 e. The van der Waals surface area contributed by atoms with Crippen LogP contribution in [0.2, 0.25) is 0 Å². The Morgan fingerprint density at radius 1 is 1.29 bits per heavy atom. The first kappa shape index (κ1) is 16.6. The van der Waals surface area contributed by atoms with Crippen molar-refractivity contribution in [2.45, 2.75) is 12.3 Å². The van der Waals surface area contributed by atoms with Crippen LogP contribution < -0.4 is 10.2 Å². The molecule has 1 aromatic rings. The topological polar surface area (TPSA) is 61.9 Å². The Kier molecular flexibility index (Phi) is 4.35. The van der Waals surface area contributed by atoms with E-state index in [0.29, 0.717) is 18.8 Å². The first-order valence-corrected chi connectivity index (χ1v) is 7.49. The number of nitrogens with one attached hydrogen (secondary N) is 1. The number of alkyl halides is 3. The monoisotopic (exact) mass is 343 g/mol. The maximum absolute atomic E-state index is 12.8. The van der Waals surface area contributed by atoms with Gasteiger partial charge in [0.25, 0.3) is 5.91 Å². The Morgan fingerprint density at radius 3 is 2.75 bits per heavy atom. The number of halogens is 3. The lowest BCUT2D eigenvalue weighted by Gasteiger charge is -2.34. The number of ether oxygens (including phenoxy) is 1. The molecule has 0 aliphatic carbocycles. The van der Waals surface area contributed by atoms with Crippen LogP contribution in [0.5, 0.6) is 0 Å². The van der Waals surface area contributed by atoms with Crippen molar-refractivity contribution in [2.24, 2.45) is 0 Å². The van der Waals surface area contributed by atoms with Gasteiger partial charge in [0.05, 0.1) is 13.2 Å². The lowest BCUT2D eigenvalue weighted by molar-refractivity contribution is -0.233. The van der Waals surface area contributed by atoms with Gasteiger partial charge in [-0.3, -0.25) is 9.69 Å². The summed E-state index contributed by atoms with van der Waals surface area (Å²) in [6.45, 7) is 0.388. The van der Waals surface area contributed by atoms with Crippen molar-refractivity contribution in [1.82, 2.24) is 10.2 Å². The summed E-state index contributed by atoms with van der Waals surface area (Å²) in [6, 6.07) is 6.07. The molecule has 130 valence electrons. The predicted octanol–water partition coefficient (Wildman–Crippen LogP) is 1.62. The van der Waals surface area contributed by atoms with E-state index in [4.69, 9.17) is 4.74 Å². The van der Waals surface area contributed by atoms with Gasteiger partial charge in [0.15, 0.2) is 6.10 Å². The molecule has 24 heavy (non-hydrogen) atoms. The van der Waals surface area contributed by atoms with Gasteiger partial charge in [-0.1, -0.05) is 6.07 Å². The second-order valence-corrected chi connectivity index (χ2v) is 5.59. The number of amides is 3. The molecule has 1 aromatic carbocycles. The van der Waals surface area contributed by atoms with E-state index in [1.165, 1.54) is 17.0 Å². The molecule has 6 nitrogen and oxygen atoms in total. The van der Waals surface area contributed by atoms with Gasteiger partial charge in [0.1, 0.15) is 0 Å². The number of anilines is 1. The first-order valence-electron chi connectivity index (χ1n) is 7.49. The molecule has 2 aliphatic rings. The zero-order valence-corrected chi connectivity index (χ0v) is 12.7. The Balaban J connectivity index is 1.76. The van der Waals surface area contributed by atoms with Crippen molar-refractivity contribution in [3.05, 3.63) is 29.8 Å². The molecular formula is C15H16F3N3O3. The SMILES string of the molecule is O=C(c1cccc(N2CCNC2=O)c1)N1CCO[C@@H](C(F)(F)F)C1. The third-order valence-electron chi connectivity index (χ3n) is 3.98. The number of carbonyl (C=O) groups is 2. The van der Waals surface area contributed by atoms with Crippen LogP contribution in [0.1, 0.15) is 10.4 Å². The minimum absolute atomic E-state index is 0.0971. The van der Waals surface area contributed by atoms with E-state index in [-0.39, 0.29) is 24.7 Å². The quantitative estimate of drug-likeness (QED) is 0.888. The maximum atomic E-state index is 12.8. The second-order valence-electron chi connectivity index (χ2n) is 5.59. The number of hydrogen-bond acceptors (Lipinski definition) is 3. The summed E-state index contributed by atoms with van der Waals surface area (Å²) in [6.07, 6.45) is -6.48. The Labute approximate surface area is 136 Å². The first-order chi connectivity index (χ1) is 11.4. The molecule has 2 fully saturated rings. The fourth-order valence-corrected chi connectivity index (χ4v) is 2.74. The fourth-order valence-electron chi connectivity index (χ4n) is 2.74. The molecule has 1 N–H and O–H groups in total. The fraction of sp³-hybridized carbons (Fsp3) is 0.467. The zero-order chi connectivity index (χ0) is 17.3. The predicted molar refractivity (Wildman–Crippen MR) is 78.9 cm³/mol. The zero-order valence-electron chi connectivity index (χ0n) is 12.7. The van der Waals surface area contributed by atoms with Gasteiger partial charge in [-0.25, -0.2) is 4.79 Å². The second kappa shape index (κ2) is 6.31. The minimum atomic E-state index is -4.51. The number of morpholine rings is 1. The standard InChI is InChI=1S/C15H16F3N3O3/c16-15(17,18)12-9-20(6-7-24-12)13(22)10-2-1-3-11(8-10)21-5-4-19-14(21)23/h1-3,8,12H,4-7,9H2,(H,19,23)/t12-/m1/s1. The van der Waals surface area contributed by atoms with Gasteiger partial charge in [-0.05, 0) is 18.2 Å². The van der Waals surface area contributed by atoms with Gasteiger partial charge < -0.3 is 15.0 Å². The van der Waals surface area contributed by atoms with Crippen LogP contribution in [0.25, 0.3) is 0 Å². The Hall–Kier alpha value is -2.29. The highest BCUT2D eigenvalue weighted by molar-refractivity contribution is 5.98. The molecule has 0 spiro atoms. The van der Waals surface area contributed by atoms with Crippen LogP contribution >= 0.6 is 0 Å². The summed E-state index contributed by atoms with van der Waals surface area (Å²) in [5.41, 5.74) is 0.784. The summed E-state index contributed by atoms with van der Waals surface area (Å²) in [7, 11) is 0. The highest BCUT2D eigenvalue weighted by Crippen LogP contribution is 2.27. The number of urea groups is 1. The van der Waals surface area contributed by atoms with Gasteiger partial charge in [0.2, 0.25) is 0 Å². The van der Waals surface area contributed by atoms with E-state index in [0.717, 1.165) is 4.90 Å². The van der Waals surface area contributed by atoms with Crippen molar-refractivity contribution in [3.8, 4) is 0 Å². The van der Waals surface area contributed by atoms with Gasteiger partial charge in [-0.15, -0.1) is 0 Å². The summed E-state index contributed by atoms with van der Waals surface area (Å²) < 4.78 is 43.0. The highest BCUT2D eigenvalue weighted by atomic mass is 19.4. The molecule has 2 heterocycles. The van der Waals surface area contributed by atoms with Gasteiger partial charge in [0, 0.05) is 30.9 Å². The maximum Gasteiger partial charge on any atom is 0.416 e. The molecule has 0 radical (unpaired) electrons. The van der Waals surface area contributed by atoms with Crippen molar-refractivity contribution in [3.63, 3.8) is 0 Å². The summed E-state index contributed by atoms with van der Waals surface area (Å²) in [5, 5.41) is 2.65. The van der Waals surface area contributed by atoms with Crippen LogP contribution in [-0.2, 0) is 4.74 Å². The van der Waals surface area contributed by atoms with E-state index >= 15 is 0 Å². The number of rotatable bonds is 2. The third kappa shape index (κ3) is 3.30. The van der Waals surface area contributed by atoms with Crippen LogP contribution in [-0.4, -0.2) is 61.9 Å². The summed E-state index contributed by atoms with van der Waals surface area (Å²) in [5.74, 6) is -0.506. The van der Waals surface area contributed by atoms with E-state index < -0.39 is 24.7 Å². The van der Waals surface area contributed by atoms with Gasteiger partial charge in [-0.2, -0.15) is 13.2 Å². The molecule has 2 aliphatic heterocycles. The molecule has 3 rings (SSSR count). The lowest BCUT2D eigenvalue weighted by atomic mass is 10.1. The summed E-state index contributed by atoms with van der Waals surface area (Å²) in [4.78, 5) is 26.8. The molecular weight excluding hydrogens is 327 g/mol. The van der Waals surface area contributed by atoms with Crippen molar-refractivity contribution < 1.29 is 27.5 Å². The minimum Gasteiger partial charge on any atom is -0.365 e. The molecule has 0 bridgehead atoms. The average molecular weight is 343 g/mol. The Bertz CT molecular complexity index is 650. The normalized spacial score (nSPS) is 21.8. The van der Waals surface area contributed by atoms with Gasteiger partial charge >= 0.3 is 12.2 Å². The van der Waals surface area contributed by atoms with E-state index in [9.17, 15) is 22.8 Å². The summed E-state index contributed by atoms with van der Waals surface area (Å²) >= 11 is 0. The van der Waals surface area contributed by atoms with Crippen LogP contribution in [0.3, 0.4) is 0 Å². The molecule has 0 unspecified atom stereocenters. The molecule has 9 heteroatoms. The van der Waals surface area contributed by atoms with Crippen molar-refractivity contribution in [1.29, 1.82) is 0 Å². The molecule has 1 atom stereocenters. The Morgan fingerprint density at radius 2 is 2.08 bits per heavy atom. The van der Waals surface area contributed by atoms with E-state index in [1.807, 2.05) is 0 Å². The van der Waals surface area contributed by atoms with Crippen LogP contribution in [0.15, 0.2) is 24.3 Å². The number of carbonyl (C=O) groups excluding carboxylic acids is 2. The van der Waals surface area contributed by atoms with Crippen molar-refractivity contribution >= 4 is 17.6 Å². The molecule has 3 amide bonds. The number of benzene rings is 1. The van der Waals surface area contributed by atoms with Crippen LogP contribution in [0, 0.1) is 0 Å². The highest BCUT2D eigenvalue weighted by Gasteiger charge is 2.44. The average Bonchev–Trinajstić information content (AvgIpc) is 3.00. The number of hydrogen-bond donors (Lipinski definition) is 1. The molecule has 0 saturated carbocycles. The van der Waals surface area contributed by atoms with Crippen molar-refractivity contribution in [2.75, 3.05) is 37.7 Å². The number of nitrogens with zero attached hydrogens (tertiary/aromatic N) is 2. The van der Waals surface area contributed by atoms with Crippen LogP contribution in [0.4, 0.5) is 23.7 Å². The van der Waals surface area contributed by atoms with E-state index in [1.54, 1.807) is 12.1 Å².